The highest BCUT2D eigenvalue weighted by Gasteiger charge is 2.27. The normalized spacial score (nSPS) is 15.2. The summed E-state index contributed by atoms with van der Waals surface area (Å²) in [6, 6.07) is 0.00463. The van der Waals surface area contributed by atoms with Crippen LogP contribution >= 0.6 is 0 Å². The van der Waals surface area contributed by atoms with Crippen LogP contribution in [0.3, 0.4) is 0 Å². The molecule has 0 aromatic heterocycles. The van der Waals surface area contributed by atoms with E-state index in [0.29, 0.717) is 12.5 Å². The molecule has 5 nitrogen and oxygen atoms in total. The summed E-state index contributed by atoms with van der Waals surface area (Å²) >= 11 is 0. The van der Waals surface area contributed by atoms with Crippen LogP contribution in [0.1, 0.15) is 48.0 Å². The molecule has 0 fully saturated rings. The average molecular weight is 275 g/mol. The smallest absolute Gasteiger partial charge is 0.407 e. The van der Waals surface area contributed by atoms with E-state index in [1.54, 1.807) is 0 Å². The van der Waals surface area contributed by atoms with Crippen molar-refractivity contribution in [3.8, 4) is 0 Å². The topological polar surface area (TPSA) is 56.8 Å². The number of alkyl carbamates (subject to hydrolysis) is 1. The van der Waals surface area contributed by atoms with Crippen molar-refractivity contribution in [3.63, 3.8) is 0 Å². The zero-order chi connectivity index (χ0) is 15.1. The Hall–Kier alpha value is -0.810. The van der Waals surface area contributed by atoms with Crippen LogP contribution in [0, 0.1) is 11.8 Å². The summed E-state index contributed by atoms with van der Waals surface area (Å²) in [6.07, 6.45) is 0.428. The largest absolute Gasteiger partial charge is 0.444 e. The Kier molecular flexibility index (Phi) is 8.02. The molecule has 0 saturated heterocycles. The van der Waals surface area contributed by atoms with Crippen molar-refractivity contribution < 1.29 is 19.3 Å². The Morgan fingerprint density at radius 3 is 2.21 bits per heavy atom. The molecule has 0 aromatic carbocycles. The van der Waals surface area contributed by atoms with Gasteiger partial charge in [0.05, 0.1) is 13.7 Å². The van der Waals surface area contributed by atoms with E-state index in [1.807, 2.05) is 27.7 Å². The summed E-state index contributed by atoms with van der Waals surface area (Å²) in [5.41, 5.74) is -0.487. The molecule has 2 atom stereocenters. The molecule has 0 aliphatic heterocycles. The van der Waals surface area contributed by atoms with Gasteiger partial charge < -0.3 is 10.1 Å². The maximum Gasteiger partial charge on any atom is 0.407 e. The Morgan fingerprint density at radius 1 is 1.26 bits per heavy atom. The predicted molar refractivity (Wildman–Crippen MR) is 74.7 cm³/mol. The molecular weight excluding hydrogens is 246 g/mol. The fourth-order valence-electron chi connectivity index (χ4n) is 1.89. The van der Waals surface area contributed by atoms with Gasteiger partial charge in [-0.3, -0.25) is 0 Å². The van der Waals surface area contributed by atoms with Gasteiger partial charge in [0.15, 0.2) is 0 Å². The molecular formula is C14H29NO4. The first-order valence-corrected chi connectivity index (χ1v) is 6.86. The number of carbonyl (C=O) groups is 1. The fraction of sp³-hybridized carbons (Fsp3) is 0.929. The van der Waals surface area contributed by atoms with Crippen LogP contribution in [-0.2, 0) is 14.5 Å². The monoisotopic (exact) mass is 275 g/mol. The molecule has 0 spiro atoms. The third-order valence-electron chi connectivity index (χ3n) is 2.89. The average Bonchev–Trinajstić information content (AvgIpc) is 2.24. The summed E-state index contributed by atoms with van der Waals surface area (Å²) in [5, 5.41) is 2.92. The molecule has 0 radical (unpaired) electrons. The highest BCUT2D eigenvalue weighted by Crippen LogP contribution is 2.19. The molecule has 5 heteroatoms. The fourth-order valence-corrected chi connectivity index (χ4v) is 1.89. The molecule has 19 heavy (non-hydrogen) atoms. The van der Waals surface area contributed by atoms with Crippen LogP contribution in [0.4, 0.5) is 4.79 Å². The highest BCUT2D eigenvalue weighted by molar-refractivity contribution is 5.68. The number of ether oxygens (including phenoxy) is 1. The van der Waals surface area contributed by atoms with Gasteiger partial charge in [-0.25, -0.2) is 14.6 Å². The minimum atomic E-state index is -0.487. The van der Waals surface area contributed by atoms with Gasteiger partial charge >= 0.3 is 6.09 Å². The van der Waals surface area contributed by atoms with Crippen LogP contribution < -0.4 is 5.32 Å². The molecule has 1 N–H and O–H groups in total. The lowest BCUT2D eigenvalue weighted by molar-refractivity contribution is -0.283. The Bertz CT molecular complexity index is 261. The number of nitrogens with one attached hydrogen (secondary N) is 1. The molecule has 0 aliphatic rings. The first-order valence-electron chi connectivity index (χ1n) is 6.86. The molecule has 0 aromatic rings. The maximum atomic E-state index is 11.8. The first kappa shape index (κ1) is 18.2. The van der Waals surface area contributed by atoms with E-state index in [2.05, 4.69) is 24.1 Å². The minimum Gasteiger partial charge on any atom is -0.444 e. The second kappa shape index (κ2) is 8.38. The zero-order valence-corrected chi connectivity index (χ0v) is 13.3. The summed E-state index contributed by atoms with van der Waals surface area (Å²) in [5.74, 6) is 0.549. The third-order valence-corrected chi connectivity index (χ3v) is 2.89. The van der Waals surface area contributed by atoms with Gasteiger partial charge in [0.1, 0.15) is 5.60 Å². The molecule has 114 valence electrons. The van der Waals surface area contributed by atoms with E-state index in [4.69, 9.17) is 9.62 Å². The van der Waals surface area contributed by atoms with E-state index in [9.17, 15) is 4.79 Å². The van der Waals surface area contributed by atoms with E-state index in [1.165, 1.54) is 7.11 Å². The summed E-state index contributed by atoms with van der Waals surface area (Å²) in [4.78, 5) is 21.5. The van der Waals surface area contributed by atoms with E-state index in [0.717, 1.165) is 6.42 Å². The third kappa shape index (κ3) is 8.06. The Labute approximate surface area is 116 Å². The lowest BCUT2D eigenvalue weighted by Crippen LogP contribution is -2.45. The molecule has 1 amide bonds. The van der Waals surface area contributed by atoms with Crippen molar-refractivity contribution in [2.45, 2.75) is 59.6 Å². The standard InChI is InChI=1S/C14H29NO4/c1-8-12(11(10(2)3)9-18-17-7)15-13(16)19-14(4,5)6/h10-12H,8-9H2,1-7H3,(H,15,16). The van der Waals surface area contributed by atoms with Gasteiger partial charge in [-0.15, -0.1) is 0 Å². The van der Waals surface area contributed by atoms with Crippen LogP contribution in [0.2, 0.25) is 0 Å². The number of hydrogen-bond acceptors (Lipinski definition) is 4. The van der Waals surface area contributed by atoms with Crippen molar-refractivity contribution in [2.75, 3.05) is 13.7 Å². The van der Waals surface area contributed by atoms with Gasteiger partial charge in [-0.05, 0) is 33.1 Å². The molecule has 0 saturated carbocycles. The summed E-state index contributed by atoms with van der Waals surface area (Å²) in [6.45, 7) is 12.2. The first-order chi connectivity index (χ1) is 8.71. The van der Waals surface area contributed by atoms with Crippen LogP contribution in [0.25, 0.3) is 0 Å². The lowest BCUT2D eigenvalue weighted by atomic mass is 9.88. The van der Waals surface area contributed by atoms with Crippen molar-refractivity contribution in [2.24, 2.45) is 11.8 Å². The second-order valence-electron chi connectivity index (χ2n) is 6.02. The predicted octanol–water partition coefficient (Wildman–Crippen LogP) is 3.14. The molecule has 0 heterocycles. The van der Waals surface area contributed by atoms with E-state index < -0.39 is 5.60 Å². The minimum absolute atomic E-state index is 0.00463. The van der Waals surface area contributed by atoms with Gasteiger partial charge in [0, 0.05) is 12.0 Å². The second-order valence-corrected chi connectivity index (χ2v) is 6.02. The van der Waals surface area contributed by atoms with Crippen molar-refractivity contribution in [1.82, 2.24) is 5.32 Å². The van der Waals surface area contributed by atoms with Gasteiger partial charge in [0.25, 0.3) is 0 Å². The summed E-state index contributed by atoms with van der Waals surface area (Å²) in [7, 11) is 1.49. The number of carbonyl (C=O) groups excluding carboxylic acids is 1. The zero-order valence-electron chi connectivity index (χ0n) is 13.3. The highest BCUT2D eigenvalue weighted by atomic mass is 17.2. The van der Waals surface area contributed by atoms with Crippen molar-refractivity contribution in [3.05, 3.63) is 0 Å². The van der Waals surface area contributed by atoms with E-state index in [-0.39, 0.29) is 18.1 Å². The van der Waals surface area contributed by atoms with Crippen LogP contribution in [0.15, 0.2) is 0 Å². The number of rotatable bonds is 7. The number of amides is 1. The van der Waals surface area contributed by atoms with Crippen LogP contribution in [0.5, 0.6) is 0 Å². The lowest BCUT2D eigenvalue weighted by Gasteiger charge is -2.30. The van der Waals surface area contributed by atoms with Gasteiger partial charge in [-0.1, -0.05) is 20.8 Å². The van der Waals surface area contributed by atoms with Gasteiger partial charge in [-0.2, -0.15) is 0 Å². The van der Waals surface area contributed by atoms with Crippen molar-refractivity contribution >= 4 is 6.09 Å². The maximum absolute atomic E-state index is 11.8. The Balaban J connectivity index is 4.55. The SMILES string of the molecule is CCC(NC(=O)OC(C)(C)C)C(COOC)C(C)C. The number of hydrogen-bond donors (Lipinski definition) is 1. The van der Waals surface area contributed by atoms with Crippen LogP contribution in [-0.4, -0.2) is 31.5 Å². The molecule has 0 bridgehead atoms. The molecule has 0 rings (SSSR count). The molecule has 2 unspecified atom stereocenters. The van der Waals surface area contributed by atoms with Crippen molar-refractivity contribution in [1.29, 1.82) is 0 Å². The quantitative estimate of drug-likeness (QED) is 0.573. The summed E-state index contributed by atoms with van der Waals surface area (Å²) < 4.78 is 5.28. The molecule has 0 aliphatic carbocycles. The van der Waals surface area contributed by atoms with Gasteiger partial charge in [0.2, 0.25) is 0 Å². The van der Waals surface area contributed by atoms with E-state index >= 15 is 0 Å². The Morgan fingerprint density at radius 2 is 1.84 bits per heavy atom.